The number of nitrogens with one attached hydrogen (secondary N) is 1. The Labute approximate surface area is 142 Å². The van der Waals surface area contributed by atoms with Gasteiger partial charge in [-0.1, -0.05) is 28.1 Å². The average molecular weight is 383 g/mol. The van der Waals surface area contributed by atoms with Crippen molar-refractivity contribution >= 4 is 33.7 Å². The van der Waals surface area contributed by atoms with Crippen LogP contribution in [-0.4, -0.2) is 22.9 Å². The molecule has 2 amide bonds. The number of carbonyl (C=O) groups excluding carboxylic acids is 2. The van der Waals surface area contributed by atoms with E-state index in [-0.39, 0.29) is 17.7 Å². The van der Waals surface area contributed by atoms with Crippen LogP contribution in [0.3, 0.4) is 0 Å². The highest BCUT2D eigenvalue weighted by Gasteiger charge is 2.31. The van der Waals surface area contributed by atoms with Gasteiger partial charge in [0.1, 0.15) is 6.04 Å². The van der Waals surface area contributed by atoms with Crippen molar-refractivity contribution in [3.8, 4) is 0 Å². The maximum absolute atomic E-state index is 12.4. The standard InChI is InChI=1S/C16H19BrN2O4/c17-12-3-1-2-11(8-12)13(14(18)20)19-15(21)9-4-6-10(7-5-9)16(22)23/h1-3,8-10,13H,4-7H2,(H2,18,20)(H,19,21)(H,22,23). The number of benzene rings is 1. The van der Waals surface area contributed by atoms with E-state index in [1.807, 2.05) is 6.07 Å². The van der Waals surface area contributed by atoms with Gasteiger partial charge in [0.15, 0.2) is 0 Å². The second-order valence-corrected chi connectivity index (χ2v) is 6.70. The van der Waals surface area contributed by atoms with Crippen LogP contribution in [0.5, 0.6) is 0 Å². The molecule has 1 aliphatic carbocycles. The van der Waals surface area contributed by atoms with Gasteiger partial charge >= 0.3 is 5.97 Å². The molecule has 4 N–H and O–H groups in total. The molecule has 0 heterocycles. The number of rotatable bonds is 5. The number of nitrogens with two attached hydrogens (primary N) is 1. The molecule has 0 spiro atoms. The van der Waals surface area contributed by atoms with Crippen molar-refractivity contribution in [2.45, 2.75) is 31.7 Å². The maximum Gasteiger partial charge on any atom is 0.306 e. The average Bonchev–Trinajstić information content (AvgIpc) is 2.52. The minimum absolute atomic E-state index is 0.252. The Kier molecular flexibility index (Phi) is 5.76. The number of aliphatic carboxylic acids is 1. The van der Waals surface area contributed by atoms with Gasteiger partial charge in [-0.25, -0.2) is 0 Å². The van der Waals surface area contributed by atoms with Gasteiger partial charge in [0.05, 0.1) is 5.92 Å². The molecule has 0 aromatic heterocycles. The normalized spacial score (nSPS) is 22.1. The summed E-state index contributed by atoms with van der Waals surface area (Å²) in [6.07, 6.45) is 1.97. The molecule has 0 aliphatic heterocycles. The van der Waals surface area contributed by atoms with Gasteiger partial charge < -0.3 is 16.2 Å². The summed E-state index contributed by atoms with van der Waals surface area (Å²) < 4.78 is 0.789. The van der Waals surface area contributed by atoms with Gasteiger partial charge in [0.25, 0.3) is 0 Å². The Morgan fingerprint density at radius 1 is 1.17 bits per heavy atom. The van der Waals surface area contributed by atoms with Crippen LogP contribution in [0.1, 0.15) is 37.3 Å². The number of carbonyl (C=O) groups is 3. The van der Waals surface area contributed by atoms with E-state index in [0.29, 0.717) is 31.2 Å². The van der Waals surface area contributed by atoms with Crippen LogP contribution in [0.25, 0.3) is 0 Å². The van der Waals surface area contributed by atoms with E-state index in [1.165, 1.54) is 0 Å². The van der Waals surface area contributed by atoms with E-state index in [1.54, 1.807) is 18.2 Å². The molecule has 1 aromatic rings. The molecule has 1 unspecified atom stereocenters. The number of hydrogen-bond donors (Lipinski definition) is 3. The third-order valence-electron chi connectivity index (χ3n) is 4.20. The summed E-state index contributed by atoms with van der Waals surface area (Å²) in [5, 5.41) is 11.7. The molecular weight excluding hydrogens is 364 g/mol. The van der Waals surface area contributed by atoms with E-state index < -0.39 is 17.9 Å². The topological polar surface area (TPSA) is 109 Å². The summed E-state index contributed by atoms with van der Waals surface area (Å²) in [4.78, 5) is 35.0. The Morgan fingerprint density at radius 2 is 1.78 bits per heavy atom. The minimum atomic E-state index is -0.891. The third kappa shape index (κ3) is 4.54. The molecule has 1 aliphatic rings. The van der Waals surface area contributed by atoms with Crippen molar-refractivity contribution < 1.29 is 19.5 Å². The van der Waals surface area contributed by atoms with Gasteiger partial charge in [-0.05, 0) is 43.4 Å². The molecule has 0 saturated heterocycles. The van der Waals surface area contributed by atoms with Gasteiger partial charge in [0.2, 0.25) is 11.8 Å². The van der Waals surface area contributed by atoms with Crippen LogP contribution in [0, 0.1) is 11.8 Å². The molecule has 124 valence electrons. The second kappa shape index (κ2) is 7.59. The molecule has 1 saturated carbocycles. The van der Waals surface area contributed by atoms with Crippen molar-refractivity contribution in [2.24, 2.45) is 17.6 Å². The number of carboxylic acids is 1. The predicted molar refractivity (Wildman–Crippen MR) is 87.3 cm³/mol. The second-order valence-electron chi connectivity index (χ2n) is 5.79. The van der Waals surface area contributed by atoms with Gasteiger partial charge in [-0.3, -0.25) is 14.4 Å². The zero-order valence-corrected chi connectivity index (χ0v) is 14.1. The van der Waals surface area contributed by atoms with Crippen molar-refractivity contribution in [3.05, 3.63) is 34.3 Å². The highest BCUT2D eigenvalue weighted by Crippen LogP contribution is 2.29. The summed E-state index contributed by atoms with van der Waals surface area (Å²) in [5.74, 6) is -2.35. The zero-order valence-electron chi connectivity index (χ0n) is 12.5. The largest absolute Gasteiger partial charge is 0.481 e. The Hall–Kier alpha value is -1.89. The first kappa shape index (κ1) is 17.5. The molecule has 0 bridgehead atoms. The van der Waals surface area contributed by atoms with Crippen LogP contribution in [0.4, 0.5) is 0 Å². The summed E-state index contributed by atoms with van der Waals surface area (Å²) in [6, 6.07) is 6.15. The van der Waals surface area contributed by atoms with E-state index in [4.69, 9.17) is 10.8 Å². The number of primary amides is 1. The first-order chi connectivity index (χ1) is 10.9. The van der Waals surface area contributed by atoms with Crippen molar-refractivity contribution in [1.29, 1.82) is 0 Å². The molecule has 7 heteroatoms. The number of halogens is 1. The lowest BCUT2D eigenvalue weighted by Gasteiger charge is -2.27. The summed E-state index contributed by atoms with van der Waals surface area (Å²) >= 11 is 3.32. The molecule has 23 heavy (non-hydrogen) atoms. The van der Waals surface area contributed by atoms with Crippen LogP contribution < -0.4 is 11.1 Å². The van der Waals surface area contributed by atoms with Crippen LogP contribution >= 0.6 is 15.9 Å². The lowest BCUT2D eigenvalue weighted by atomic mass is 9.81. The molecular formula is C16H19BrN2O4. The minimum Gasteiger partial charge on any atom is -0.481 e. The number of amides is 2. The van der Waals surface area contributed by atoms with Gasteiger partial charge in [-0.15, -0.1) is 0 Å². The smallest absolute Gasteiger partial charge is 0.306 e. The fourth-order valence-electron chi connectivity index (χ4n) is 2.87. The lowest BCUT2D eigenvalue weighted by Crippen LogP contribution is -2.41. The van der Waals surface area contributed by atoms with Crippen molar-refractivity contribution in [1.82, 2.24) is 5.32 Å². The zero-order chi connectivity index (χ0) is 17.0. The molecule has 1 atom stereocenters. The SMILES string of the molecule is NC(=O)C(NC(=O)C1CCC(C(=O)O)CC1)c1cccc(Br)c1. The third-order valence-corrected chi connectivity index (χ3v) is 4.69. The predicted octanol–water partition coefficient (Wildman–Crippen LogP) is 1.98. The molecule has 6 nitrogen and oxygen atoms in total. The first-order valence-electron chi connectivity index (χ1n) is 7.46. The highest BCUT2D eigenvalue weighted by molar-refractivity contribution is 9.10. The maximum atomic E-state index is 12.4. The molecule has 0 radical (unpaired) electrons. The van der Waals surface area contributed by atoms with Crippen molar-refractivity contribution in [2.75, 3.05) is 0 Å². The van der Waals surface area contributed by atoms with Crippen LogP contribution in [0.2, 0.25) is 0 Å². The van der Waals surface area contributed by atoms with Crippen molar-refractivity contribution in [3.63, 3.8) is 0 Å². The van der Waals surface area contributed by atoms with Crippen LogP contribution in [-0.2, 0) is 14.4 Å². The van der Waals surface area contributed by atoms with Crippen LogP contribution in [0.15, 0.2) is 28.7 Å². The molecule has 1 fully saturated rings. The van der Waals surface area contributed by atoms with E-state index in [2.05, 4.69) is 21.2 Å². The first-order valence-corrected chi connectivity index (χ1v) is 8.25. The number of hydrogen-bond acceptors (Lipinski definition) is 3. The fraction of sp³-hybridized carbons (Fsp3) is 0.438. The van der Waals surface area contributed by atoms with Gasteiger partial charge in [-0.2, -0.15) is 0 Å². The van der Waals surface area contributed by atoms with Gasteiger partial charge in [0, 0.05) is 10.4 Å². The number of carboxylic acid groups (broad SMARTS) is 1. The van der Waals surface area contributed by atoms with E-state index in [9.17, 15) is 14.4 Å². The molecule has 2 rings (SSSR count). The summed E-state index contributed by atoms with van der Waals surface area (Å²) in [5.41, 5.74) is 6.02. The Balaban J connectivity index is 2.02. The fourth-order valence-corrected chi connectivity index (χ4v) is 3.28. The highest BCUT2D eigenvalue weighted by atomic mass is 79.9. The Morgan fingerprint density at radius 3 is 2.30 bits per heavy atom. The lowest BCUT2D eigenvalue weighted by molar-refractivity contribution is -0.144. The Bertz CT molecular complexity index is 612. The van der Waals surface area contributed by atoms with E-state index in [0.717, 1.165) is 4.47 Å². The summed E-state index contributed by atoms with van der Waals surface area (Å²) in [7, 11) is 0. The molecule has 1 aromatic carbocycles. The van der Waals surface area contributed by atoms with E-state index >= 15 is 0 Å². The quantitative estimate of drug-likeness (QED) is 0.722. The monoisotopic (exact) mass is 382 g/mol. The summed E-state index contributed by atoms with van der Waals surface area (Å²) in [6.45, 7) is 0.